The van der Waals surface area contributed by atoms with Crippen LogP contribution in [0.1, 0.15) is 13.3 Å². The van der Waals surface area contributed by atoms with Gasteiger partial charge in [0.25, 0.3) is 0 Å². The molecule has 0 saturated carbocycles. The molecule has 1 heterocycles. The molecule has 0 aromatic heterocycles. The Morgan fingerprint density at radius 3 is 2.80 bits per heavy atom. The lowest BCUT2D eigenvalue weighted by Gasteiger charge is -2.18. The SMILES string of the molecule is CC(=O)N1C=CC(=O)CC1. The summed E-state index contributed by atoms with van der Waals surface area (Å²) in [6.07, 6.45) is 3.43. The molecule has 0 aromatic rings. The quantitative estimate of drug-likeness (QED) is 0.484. The summed E-state index contributed by atoms with van der Waals surface area (Å²) in [6.45, 7) is 2.02. The van der Waals surface area contributed by atoms with E-state index in [9.17, 15) is 9.59 Å². The first-order chi connectivity index (χ1) is 4.70. The summed E-state index contributed by atoms with van der Waals surface area (Å²) in [6, 6.07) is 0. The highest BCUT2D eigenvalue weighted by Gasteiger charge is 2.11. The first kappa shape index (κ1) is 6.99. The topological polar surface area (TPSA) is 37.4 Å². The number of allylic oxidation sites excluding steroid dienone is 1. The van der Waals surface area contributed by atoms with Crippen molar-refractivity contribution in [3.05, 3.63) is 12.3 Å². The fourth-order valence-electron chi connectivity index (χ4n) is 0.824. The van der Waals surface area contributed by atoms with Crippen LogP contribution in [0.3, 0.4) is 0 Å². The Hall–Kier alpha value is -1.12. The van der Waals surface area contributed by atoms with Gasteiger partial charge in [0.05, 0.1) is 0 Å². The van der Waals surface area contributed by atoms with E-state index in [-0.39, 0.29) is 11.7 Å². The molecule has 54 valence electrons. The lowest BCUT2D eigenvalue weighted by atomic mass is 10.2. The van der Waals surface area contributed by atoms with Gasteiger partial charge in [0, 0.05) is 26.1 Å². The molecule has 3 heteroatoms. The third-order valence-corrected chi connectivity index (χ3v) is 1.44. The zero-order valence-electron chi connectivity index (χ0n) is 5.83. The molecule has 0 radical (unpaired) electrons. The fraction of sp³-hybridized carbons (Fsp3) is 0.429. The van der Waals surface area contributed by atoms with Crippen molar-refractivity contribution in [2.75, 3.05) is 6.54 Å². The summed E-state index contributed by atoms with van der Waals surface area (Å²) in [4.78, 5) is 22.8. The highest BCUT2D eigenvalue weighted by molar-refractivity contribution is 5.92. The first-order valence-corrected chi connectivity index (χ1v) is 3.18. The van der Waals surface area contributed by atoms with Gasteiger partial charge in [0.1, 0.15) is 0 Å². The average molecular weight is 139 g/mol. The van der Waals surface area contributed by atoms with Gasteiger partial charge >= 0.3 is 0 Å². The molecule has 0 atom stereocenters. The highest BCUT2D eigenvalue weighted by Crippen LogP contribution is 2.01. The molecule has 0 aliphatic carbocycles. The third-order valence-electron chi connectivity index (χ3n) is 1.44. The number of hydrogen-bond acceptors (Lipinski definition) is 2. The van der Waals surface area contributed by atoms with E-state index in [0.29, 0.717) is 13.0 Å². The van der Waals surface area contributed by atoms with Crippen molar-refractivity contribution in [2.45, 2.75) is 13.3 Å². The van der Waals surface area contributed by atoms with Crippen LogP contribution in [-0.2, 0) is 9.59 Å². The summed E-state index contributed by atoms with van der Waals surface area (Å²) in [5, 5.41) is 0. The number of carbonyl (C=O) groups is 2. The summed E-state index contributed by atoms with van der Waals surface area (Å²) in [5.74, 6) is 0.0845. The van der Waals surface area contributed by atoms with Crippen LogP contribution in [0.15, 0.2) is 12.3 Å². The van der Waals surface area contributed by atoms with Crippen LogP contribution in [0.25, 0.3) is 0 Å². The van der Waals surface area contributed by atoms with Crippen LogP contribution >= 0.6 is 0 Å². The van der Waals surface area contributed by atoms with E-state index in [1.54, 1.807) is 0 Å². The molecular weight excluding hydrogens is 130 g/mol. The molecule has 1 aliphatic rings. The van der Waals surface area contributed by atoms with Crippen molar-refractivity contribution in [3.63, 3.8) is 0 Å². The van der Waals surface area contributed by atoms with E-state index in [2.05, 4.69) is 0 Å². The Kier molecular flexibility index (Phi) is 1.85. The molecule has 0 aromatic carbocycles. The lowest BCUT2D eigenvalue weighted by molar-refractivity contribution is -0.127. The van der Waals surface area contributed by atoms with E-state index in [1.807, 2.05) is 0 Å². The number of amides is 1. The Morgan fingerprint density at radius 1 is 1.70 bits per heavy atom. The summed E-state index contributed by atoms with van der Waals surface area (Å²) >= 11 is 0. The Labute approximate surface area is 59.3 Å². The van der Waals surface area contributed by atoms with Gasteiger partial charge in [-0.3, -0.25) is 9.59 Å². The van der Waals surface area contributed by atoms with Crippen LogP contribution < -0.4 is 0 Å². The second-order valence-corrected chi connectivity index (χ2v) is 2.24. The molecule has 0 bridgehead atoms. The smallest absolute Gasteiger partial charge is 0.223 e. The molecule has 1 rings (SSSR count). The molecule has 0 fully saturated rings. The minimum atomic E-state index is -0.0104. The molecule has 0 saturated heterocycles. The van der Waals surface area contributed by atoms with E-state index in [0.717, 1.165) is 0 Å². The Bertz CT molecular complexity index is 196. The van der Waals surface area contributed by atoms with Crippen molar-refractivity contribution >= 4 is 11.7 Å². The standard InChI is InChI=1S/C7H9NO2/c1-6(9)8-4-2-7(10)3-5-8/h2,4H,3,5H2,1H3. The normalized spacial score (nSPS) is 17.7. The summed E-state index contributed by atoms with van der Waals surface area (Å²) in [5.41, 5.74) is 0. The van der Waals surface area contributed by atoms with Gasteiger partial charge < -0.3 is 4.90 Å². The van der Waals surface area contributed by atoms with Gasteiger partial charge in [-0.25, -0.2) is 0 Å². The van der Waals surface area contributed by atoms with Crippen molar-refractivity contribution in [1.82, 2.24) is 4.90 Å². The van der Waals surface area contributed by atoms with Gasteiger partial charge in [-0.05, 0) is 6.08 Å². The number of rotatable bonds is 0. The van der Waals surface area contributed by atoms with Crippen molar-refractivity contribution in [3.8, 4) is 0 Å². The van der Waals surface area contributed by atoms with Gasteiger partial charge in [-0.1, -0.05) is 0 Å². The molecule has 0 N–H and O–H groups in total. The zero-order valence-corrected chi connectivity index (χ0v) is 5.83. The molecule has 1 aliphatic heterocycles. The molecule has 10 heavy (non-hydrogen) atoms. The number of ketones is 1. The summed E-state index contributed by atoms with van der Waals surface area (Å²) < 4.78 is 0. The van der Waals surface area contributed by atoms with E-state index in [1.165, 1.54) is 24.1 Å². The number of nitrogens with zero attached hydrogens (tertiary/aromatic N) is 1. The average Bonchev–Trinajstić information content (AvgIpc) is 1.88. The monoisotopic (exact) mass is 139 g/mol. The van der Waals surface area contributed by atoms with Crippen molar-refractivity contribution in [1.29, 1.82) is 0 Å². The largest absolute Gasteiger partial charge is 0.319 e. The lowest BCUT2D eigenvalue weighted by Crippen LogP contribution is -2.28. The highest BCUT2D eigenvalue weighted by atomic mass is 16.2. The van der Waals surface area contributed by atoms with Gasteiger partial charge in [-0.15, -0.1) is 0 Å². The maximum Gasteiger partial charge on any atom is 0.223 e. The van der Waals surface area contributed by atoms with E-state index >= 15 is 0 Å². The molecule has 3 nitrogen and oxygen atoms in total. The Morgan fingerprint density at radius 2 is 2.40 bits per heavy atom. The minimum Gasteiger partial charge on any atom is -0.319 e. The van der Waals surface area contributed by atoms with Crippen LogP contribution in [0.2, 0.25) is 0 Å². The maximum absolute atomic E-state index is 10.7. The second-order valence-electron chi connectivity index (χ2n) is 2.24. The maximum atomic E-state index is 10.7. The Balaban J connectivity index is 2.61. The molecular formula is C7H9NO2. The third kappa shape index (κ3) is 1.43. The number of hydrogen-bond donors (Lipinski definition) is 0. The zero-order chi connectivity index (χ0) is 7.56. The molecule has 0 unspecified atom stereocenters. The van der Waals surface area contributed by atoms with Crippen LogP contribution in [0.5, 0.6) is 0 Å². The van der Waals surface area contributed by atoms with Gasteiger partial charge in [0.15, 0.2) is 5.78 Å². The van der Waals surface area contributed by atoms with Crippen molar-refractivity contribution in [2.24, 2.45) is 0 Å². The minimum absolute atomic E-state index is 0.0104. The van der Waals surface area contributed by atoms with E-state index < -0.39 is 0 Å². The fourth-order valence-corrected chi connectivity index (χ4v) is 0.824. The molecule has 1 amide bonds. The second kappa shape index (κ2) is 2.64. The predicted octanol–water partition coefficient (Wildman–Crippen LogP) is 0.321. The van der Waals surface area contributed by atoms with Crippen LogP contribution in [-0.4, -0.2) is 23.1 Å². The van der Waals surface area contributed by atoms with E-state index in [4.69, 9.17) is 0 Å². The predicted molar refractivity (Wildman–Crippen MR) is 36.2 cm³/mol. The number of carbonyl (C=O) groups excluding carboxylic acids is 2. The summed E-state index contributed by atoms with van der Waals surface area (Å²) in [7, 11) is 0. The molecule has 0 spiro atoms. The first-order valence-electron chi connectivity index (χ1n) is 3.18. The van der Waals surface area contributed by atoms with Crippen molar-refractivity contribution < 1.29 is 9.59 Å². The van der Waals surface area contributed by atoms with Crippen LogP contribution in [0, 0.1) is 0 Å². The van der Waals surface area contributed by atoms with Crippen LogP contribution in [0.4, 0.5) is 0 Å². The van der Waals surface area contributed by atoms with Gasteiger partial charge in [-0.2, -0.15) is 0 Å². The van der Waals surface area contributed by atoms with Gasteiger partial charge in [0.2, 0.25) is 5.91 Å².